The van der Waals surface area contributed by atoms with Gasteiger partial charge >= 0.3 is 5.97 Å². The predicted molar refractivity (Wildman–Crippen MR) is 141 cm³/mol. The number of phenols is 1. The molecule has 8 nitrogen and oxygen atoms in total. The van der Waals surface area contributed by atoms with Gasteiger partial charge in [0.2, 0.25) is 0 Å². The van der Waals surface area contributed by atoms with Gasteiger partial charge in [0.25, 0.3) is 5.91 Å². The van der Waals surface area contributed by atoms with Crippen LogP contribution >= 0.6 is 11.6 Å². The Labute approximate surface area is 217 Å². The zero-order chi connectivity index (χ0) is 26.4. The largest absolute Gasteiger partial charge is 0.507 e. The lowest BCUT2D eigenvalue weighted by Gasteiger charge is -2.14. The van der Waals surface area contributed by atoms with E-state index < -0.39 is 11.9 Å². The maximum atomic E-state index is 12.6. The lowest BCUT2D eigenvalue weighted by Crippen LogP contribution is -2.17. The van der Waals surface area contributed by atoms with Crippen LogP contribution in [0, 0.1) is 0 Å². The summed E-state index contributed by atoms with van der Waals surface area (Å²) in [6, 6.07) is 20.1. The maximum Gasteiger partial charge on any atom is 0.335 e. The van der Waals surface area contributed by atoms with Crippen LogP contribution in [0.3, 0.4) is 0 Å². The summed E-state index contributed by atoms with van der Waals surface area (Å²) in [6.45, 7) is 2.33. The predicted octanol–water partition coefficient (Wildman–Crippen LogP) is 5.64. The molecule has 0 atom stereocenters. The molecule has 37 heavy (non-hydrogen) atoms. The van der Waals surface area contributed by atoms with Crippen molar-refractivity contribution in [2.45, 2.75) is 13.5 Å². The van der Waals surface area contributed by atoms with Crippen LogP contribution in [-0.2, 0) is 6.61 Å². The van der Waals surface area contributed by atoms with E-state index in [0.717, 1.165) is 16.3 Å². The average molecular weight is 519 g/mol. The first-order chi connectivity index (χ1) is 17.9. The number of carboxylic acid groups (broad SMARTS) is 1. The minimum atomic E-state index is -1.00. The molecule has 4 aromatic rings. The van der Waals surface area contributed by atoms with E-state index in [-0.39, 0.29) is 28.5 Å². The van der Waals surface area contributed by atoms with E-state index in [1.54, 1.807) is 30.3 Å². The number of fused-ring (bicyclic) bond motifs is 1. The lowest BCUT2D eigenvalue weighted by atomic mass is 10.1. The molecule has 0 aliphatic heterocycles. The summed E-state index contributed by atoms with van der Waals surface area (Å²) >= 11 is 6.45. The van der Waals surface area contributed by atoms with Gasteiger partial charge in [-0.15, -0.1) is 0 Å². The number of carboxylic acids is 1. The lowest BCUT2D eigenvalue weighted by molar-refractivity contribution is 0.0696. The number of benzene rings is 4. The number of halogens is 1. The molecule has 0 saturated heterocycles. The smallest absolute Gasteiger partial charge is 0.335 e. The van der Waals surface area contributed by atoms with Gasteiger partial charge in [-0.3, -0.25) is 4.79 Å². The highest BCUT2D eigenvalue weighted by atomic mass is 35.5. The molecular weight excluding hydrogens is 496 g/mol. The van der Waals surface area contributed by atoms with E-state index >= 15 is 0 Å². The Hall–Kier alpha value is -4.56. The topological polar surface area (TPSA) is 117 Å². The second kappa shape index (κ2) is 11.5. The quantitative estimate of drug-likeness (QED) is 0.195. The van der Waals surface area contributed by atoms with E-state index in [2.05, 4.69) is 10.5 Å². The van der Waals surface area contributed by atoms with Gasteiger partial charge in [0.05, 0.1) is 29.0 Å². The van der Waals surface area contributed by atoms with E-state index in [9.17, 15) is 14.7 Å². The maximum absolute atomic E-state index is 12.6. The number of hydrazone groups is 1. The molecular formula is C28H23ClN2O6. The Morgan fingerprint density at radius 1 is 1.00 bits per heavy atom. The van der Waals surface area contributed by atoms with Crippen LogP contribution in [0.2, 0.25) is 5.02 Å². The summed E-state index contributed by atoms with van der Waals surface area (Å²) in [5.41, 5.74) is 4.00. The highest BCUT2D eigenvalue weighted by Gasteiger charge is 2.14. The second-order valence-electron chi connectivity index (χ2n) is 7.97. The van der Waals surface area contributed by atoms with Gasteiger partial charge in [-0.05, 0) is 65.2 Å². The molecule has 0 fully saturated rings. The number of aromatic carboxylic acids is 1. The number of ether oxygens (including phenoxy) is 2. The van der Waals surface area contributed by atoms with Gasteiger partial charge in [-0.1, -0.05) is 48.0 Å². The third kappa shape index (κ3) is 6.17. The fourth-order valence-electron chi connectivity index (χ4n) is 3.60. The Kier molecular flexibility index (Phi) is 7.90. The Bertz CT molecular complexity index is 1480. The number of carbonyl (C=O) groups excluding carboxylic acids is 1. The SMILES string of the molecule is CCOc1cc(C=NNC(=O)c2cc3ccccc3cc2O)cc(Cl)c1OCc1ccc(C(=O)O)cc1. The highest BCUT2D eigenvalue weighted by molar-refractivity contribution is 6.32. The van der Waals surface area contributed by atoms with Gasteiger partial charge in [-0.2, -0.15) is 5.10 Å². The normalized spacial score (nSPS) is 11.0. The summed E-state index contributed by atoms with van der Waals surface area (Å²) < 4.78 is 11.5. The number of aromatic hydroxyl groups is 1. The molecule has 0 saturated carbocycles. The minimum Gasteiger partial charge on any atom is -0.507 e. The number of carbonyl (C=O) groups is 2. The number of hydrogen-bond acceptors (Lipinski definition) is 6. The van der Waals surface area contributed by atoms with Gasteiger partial charge < -0.3 is 19.7 Å². The van der Waals surface area contributed by atoms with Crippen LogP contribution in [-0.4, -0.2) is 34.9 Å². The number of amides is 1. The molecule has 0 aliphatic carbocycles. The number of nitrogens with one attached hydrogen (secondary N) is 1. The molecule has 3 N–H and O–H groups in total. The van der Waals surface area contributed by atoms with Gasteiger partial charge in [0.15, 0.2) is 11.5 Å². The molecule has 4 aromatic carbocycles. The van der Waals surface area contributed by atoms with E-state index in [1.807, 2.05) is 31.2 Å². The molecule has 1 amide bonds. The highest BCUT2D eigenvalue weighted by Crippen LogP contribution is 2.37. The number of phenolic OH excluding ortho intramolecular Hbond substituents is 1. The van der Waals surface area contributed by atoms with E-state index in [1.165, 1.54) is 24.4 Å². The fourth-order valence-corrected chi connectivity index (χ4v) is 3.87. The Morgan fingerprint density at radius 2 is 1.70 bits per heavy atom. The first-order valence-corrected chi connectivity index (χ1v) is 11.7. The van der Waals surface area contributed by atoms with Gasteiger partial charge in [-0.25, -0.2) is 10.2 Å². The molecule has 0 spiro atoms. The molecule has 0 heterocycles. The number of rotatable bonds is 9. The third-order valence-electron chi connectivity index (χ3n) is 5.40. The fraction of sp³-hybridized carbons (Fsp3) is 0.107. The summed E-state index contributed by atoms with van der Waals surface area (Å²) in [6.07, 6.45) is 1.40. The van der Waals surface area contributed by atoms with Crippen molar-refractivity contribution in [1.29, 1.82) is 0 Å². The standard InChI is InChI=1S/C28H23ClN2O6/c1-2-36-25-12-18(11-23(29)26(25)37-16-17-7-9-19(10-8-17)28(34)35)15-30-31-27(33)22-13-20-5-3-4-6-21(20)14-24(22)32/h3-15,32H,2,16H2,1H3,(H,31,33)(H,34,35). The summed E-state index contributed by atoms with van der Waals surface area (Å²) in [4.78, 5) is 23.6. The third-order valence-corrected chi connectivity index (χ3v) is 5.68. The van der Waals surface area contributed by atoms with Crippen molar-refractivity contribution in [3.63, 3.8) is 0 Å². The number of nitrogens with zero attached hydrogens (tertiary/aromatic N) is 1. The first kappa shape index (κ1) is 25.5. The summed E-state index contributed by atoms with van der Waals surface area (Å²) in [5, 5.41) is 25.2. The van der Waals surface area contributed by atoms with Crippen LogP contribution < -0.4 is 14.9 Å². The van der Waals surface area contributed by atoms with Crippen molar-refractivity contribution in [1.82, 2.24) is 5.43 Å². The van der Waals surface area contributed by atoms with Crippen LogP contribution in [0.25, 0.3) is 10.8 Å². The molecule has 0 aliphatic rings. The first-order valence-electron chi connectivity index (χ1n) is 11.3. The molecule has 0 aromatic heterocycles. The van der Waals surface area contributed by atoms with E-state index in [4.69, 9.17) is 26.2 Å². The molecule has 188 valence electrons. The monoisotopic (exact) mass is 518 g/mol. The number of hydrogen-bond donors (Lipinski definition) is 3. The van der Waals surface area contributed by atoms with Crippen molar-refractivity contribution < 1.29 is 29.3 Å². The molecule has 0 radical (unpaired) electrons. The zero-order valence-corrected chi connectivity index (χ0v) is 20.5. The van der Waals surface area contributed by atoms with Crippen LogP contribution in [0.5, 0.6) is 17.2 Å². The van der Waals surface area contributed by atoms with Gasteiger partial charge in [0.1, 0.15) is 12.4 Å². The van der Waals surface area contributed by atoms with Crippen molar-refractivity contribution >= 4 is 40.5 Å². The van der Waals surface area contributed by atoms with Crippen LogP contribution in [0.4, 0.5) is 0 Å². The molecule has 0 unspecified atom stereocenters. The van der Waals surface area contributed by atoms with Gasteiger partial charge in [0, 0.05) is 0 Å². The van der Waals surface area contributed by atoms with Crippen LogP contribution in [0.15, 0.2) is 77.9 Å². The molecule has 0 bridgehead atoms. The average Bonchev–Trinajstić information content (AvgIpc) is 2.88. The van der Waals surface area contributed by atoms with Crippen LogP contribution in [0.1, 0.15) is 38.8 Å². The minimum absolute atomic E-state index is 0.101. The summed E-state index contributed by atoms with van der Waals surface area (Å²) in [5.74, 6) is -1.00. The Morgan fingerprint density at radius 3 is 2.38 bits per heavy atom. The van der Waals surface area contributed by atoms with Crippen molar-refractivity contribution in [3.05, 3.63) is 100 Å². The molecule has 9 heteroatoms. The van der Waals surface area contributed by atoms with Crippen molar-refractivity contribution in [2.24, 2.45) is 5.10 Å². The summed E-state index contributed by atoms with van der Waals surface area (Å²) in [7, 11) is 0. The Balaban J connectivity index is 1.47. The van der Waals surface area contributed by atoms with Crippen molar-refractivity contribution in [2.75, 3.05) is 6.61 Å². The molecule has 4 rings (SSSR count). The van der Waals surface area contributed by atoms with Crippen molar-refractivity contribution in [3.8, 4) is 17.2 Å². The zero-order valence-electron chi connectivity index (χ0n) is 19.8. The van der Waals surface area contributed by atoms with E-state index in [0.29, 0.717) is 23.7 Å². The second-order valence-corrected chi connectivity index (χ2v) is 8.38.